The first-order valence-corrected chi connectivity index (χ1v) is 15.0. The Kier molecular flexibility index (Phi) is 7.15. The summed E-state index contributed by atoms with van der Waals surface area (Å²) in [5, 5.41) is 2.95. The predicted octanol–water partition coefficient (Wildman–Crippen LogP) is 3.02. The Balaban J connectivity index is 1.12. The highest BCUT2D eigenvalue weighted by Gasteiger charge is 2.46. The molecule has 1 N–H and O–H groups in total. The fourth-order valence-corrected chi connectivity index (χ4v) is 5.75. The van der Waals surface area contributed by atoms with Gasteiger partial charge in [-0.1, -0.05) is 0 Å². The van der Waals surface area contributed by atoms with Crippen LogP contribution in [0, 0.1) is 12.8 Å². The van der Waals surface area contributed by atoms with Crippen LogP contribution in [0.4, 0.5) is 22.1 Å². The summed E-state index contributed by atoms with van der Waals surface area (Å²) in [6.07, 6.45) is 8.59. The lowest BCUT2D eigenvalue weighted by molar-refractivity contribution is -0.124. The Hall–Kier alpha value is -4.98. The molecule has 3 fully saturated rings. The fourth-order valence-electron chi connectivity index (χ4n) is 5.75. The molecule has 14 heteroatoms. The van der Waals surface area contributed by atoms with Gasteiger partial charge in [-0.2, -0.15) is 0 Å². The molecule has 2 saturated carbocycles. The van der Waals surface area contributed by atoms with Crippen molar-refractivity contribution in [2.75, 3.05) is 42.9 Å². The second kappa shape index (κ2) is 11.2. The van der Waals surface area contributed by atoms with Crippen LogP contribution in [0.5, 0.6) is 0 Å². The van der Waals surface area contributed by atoms with Crippen molar-refractivity contribution in [3.8, 4) is 0 Å². The summed E-state index contributed by atoms with van der Waals surface area (Å²) in [6.45, 7) is 2.45. The Morgan fingerprint density at radius 2 is 1.96 bits per heavy atom. The molecule has 232 valence electrons. The van der Waals surface area contributed by atoms with Crippen molar-refractivity contribution in [3.05, 3.63) is 65.4 Å². The van der Waals surface area contributed by atoms with E-state index >= 15 is 0 Å². The van der Waals surface area contributed by atoms with Gasteiger partial charge in [-0.05, 0) is 49.8 Å². The molecule has 7 rings (SSSR count). The van der Waals surface area contributed by atoms with Crippen molar-refractivity contribution in [1.82, 2.24) is 34.2 Å². The number of amides is 4. The van der Waals surface area contributed by atoms with Gasteiger partial charge in [0.2, 0.25) is 11.8 Å². The third-order valence-electron chi connectivity index (χ3n) is 8.47. The monoisotopic (exact) mass is 610 g/mol. The van der Waals surface area contributed by atoms with E-state index in [1.807, 2.05) is 41.6 Å². The largest absolute Gasteiger partial charge is 0.377 e. The first-order chi connectivity index (χ1) is 21.7. The number of aromatic nitrogens is 6. The zero-order chi connectivity index (χ0) is 31.4. The summed E-state index contributed by atoms with van der Waals surface area (Å²) in [5.41, 5.74) is 3.97. The number of urea groups is 1. The van der Waals surface area contributed by atoms with Crippen LogP contribution in [-0.4, -0.2) is 79.8 Å². The number of carbonyl (C=O) groups is 3. The number of ether oxygens (including phenoxy) is 1. The first kappa shape index (κ1) is 28.8. The number of imide groups is 1. The number of hydrogen-bond donors (Lipinski definition) is 1. The minimum Gasteiger partial charge on any atom is -0.377 e. The summed E-state index contributed by atoms with van der Waals surface area (Å²) in [7, 11) is 4.94. The number of likely N-dealkylation sites (N-methyl/N-ethyl adjacent to an activating group) is 1. The third kappa shape index (κ3) is 5.68. The number of nitrogens with zero attached hydrogens (tertiary/aromatic N) is 9. The summed E-state index contributed by atoms with van der Waals surface area (Å²) in [6, 6.07) is 5.20. The molecule has 5 heterocycles. The van der Waals surface area contributed by atoms with Crippen molar-refractivity contribution < 1.29 is 19.1 Å². The molecule has 45 heavy (non-hydrogen) atoms. The van der Waals surface area contributed by atoms with Crippen molar-refractivity contribution in [1.29, 1.82) is 0 Å². The third-order valence-corrected chi connectivity index (χ3v) is 8.47. The summed E-state index contributed by atoms with van der Waals surface area (Å²) >= 11 is 0. The SMILES string of the molecule is COCc1nc(NC(=O)[C@H]2C[C@@H]2c2nccc(C)n2)cc(N(C)Cc2cn3cc(C4CC4)cc(N4CC(=O)N(C)C4=O)c3n2)n1. The molecular formula is C31H34N10O4. The Morgan fingerprint density at radius 3 is 2.67 bits per heavy atom. The van der Waals surface area contributed by atoms with Crippen molar-refractivity contribution in [2.24, 2.45) is 5.92 Å². The lowest BCUT2D eigenvalue weighted by Crippen LogP contribution is -2.30. The number of aryl methyl sites for hydroxylation is 1. The molecule has 4 aromatic heterocycles. The normalized spacial score (nSPS) is 19.5. The predicted molar refractivity (Wildman–Crippen MR) is 164 cm³/mol. The topological polar surface area (TPSA) is 151 Å². The van der Waals surface area contributed by atoms with Gasteiger partial charge in [0.25, 0.3) is 0 Å². The standard InChI is InChI=1S/C31H34N10O4/c1-17-7-8-32-28(33-17)21-10-22(21)30(43)37-24-11-26(36-25(35-24)16-45-4)38(2)13-20-14-40-12-19(18-5-6-18)9-23(29(40)34-20)41-15-27(42)39(3)31(41)44/h7-9,11-12,14,18,21-22H,5-6,10,13,15-16H2,1-4H3,(H,35,36,37,43)/t21-,22-/m0/s1. The molecule has 2 atom stereocenters. The summed E-state index contributed by atoms with van der Waals surface area (Å²) < 4.78 is 7.24. The number of pyridine rings is 1. The van der Waals surface area contributed by atoms with Gasteiger partial charge >= 0.3 is 6.03 Å². The van der Waals surface area contributed by atoms with Crippen LogP contribution in [0.3, 0.4) is 0 Å². The molecule has 3 aliphatic rings. The molecule has 2 aliphatic carbocycles. The van der Waals surface area contributed by atoms with E-state index in [1.54, 1.807) is 19.4 Å². The summed E-state index contributed by atoms with van der Waals surface area (Å²) in [4.78, 5) is 65.8. The quantitative estimate of drug-likeness (QED) is 0.265. The van der Waals surface area contributed by atoms with Crippen LogP contribution in [0.25, 0.3) is 5.65 Å². The maximum absolute atomic E-state index is 13.1. The minimum atomic E-state index is -0.360. The first-order valence-electron chi connectivity index (χ1n) is 15.0. The average molecular weight is 611 g/mol. The number of hydrogen-bond acceptors (Lipinski definition) is 10. The number of nitrogens with one attached hydrogen (secondary N) is 1. The number of anilines is 3. The van der Waals surface area contributed by atoms with Crippen LogP contribution >= 0.6 is 0 Å². The van der Waals surface area contributed by atoms with Crippen LogP contribution in [0.1, 0.15) is 59.7 Å². The van der Waals surface area contributed by atoms with Gasteiger partial charge in [-0.15, -0.1) is 0 Å². The molecule has 0 radical (unpaired) electrons. The maximum atomic E-state index is 13.1. The molecule has 4 aromatic rings. The van der Waals surface area contributed by atoms with Crippen molar-refractivity contribution in [2.45, 2.75) is 51.2 Å². The highest BCUT2D eigenvalue weighted by Crippen LogP contribution is 2.46. The van der Waals surface area contributed by atoms with E-state index < -0.39 is 0 Å². The molecule has 14 nitrogen and oxygen atoms in total. The second-order valence-electron chi connectivity index (χ2n) is 12.0. The zero-order valence-corrected chi connectivity index (χ0v) is 25.6. The Labute approximate surface area is 259 Å². The van der Waals surface area contributed by atoms with Gasteiger partial charge in [0.05, 0.1) is 17.9 Å². The number of fused-ring (bicyclic) bond motifs is 1. The van der Waals surface area contributed by atoms with Crippen LogP contribution in [0.15, 0.2) is 36.8 Å². The Morgan fingerprint density at radius 1 is 1.13 bits per heavy atom. The smallest absolute Gasteiger partial charge is 0.331 e. The highest BCUT2D eigenvalue weighted by molar-refractivity contribution is 6.13. The van der Waals surface area contributed by atoms with Crippen LogP contribution in [-0.2, 0) is 27.5 Å². The van der Waals surface area contributed by atoms with E-state index in [4.69, 9.17) is 9.72 Å². The van der Waals surface area contributed by atoms with Crippen LogP contribution < -0.4 is 15.1 Å². The van der Waals surface area contributed by atoms with Crippen molar-refractivity contribution >= 4 is 40.8 Å². The van der Waals surface area contributed by atoms with Gasteiger partial charge in [-0.3, -0.25) is 19.4 Å². The van der Waals surface area contributed by atoms with Gasteiger partial charge in [0, 0.05) is 63.4 Å². The number of carbonyl (C=O) groups excluding carboxylic acids is 3. The second-order valence-corrected chi connectivity index (χ2v) is 12.0. The number of methoxy groups -OCH3 is 1. The lowest BCUT2D eigenvalue weighted by Gasteiger charge is -2.19. The molecule has 4 amide bonds. The highest BCUT2D eigenvalue weighted by atomic mass is 16.5. The average Bonchev–Trinajstić information content (AvgIpc) is 3.94. The fraction of sp³-hybridized carbons (Fsp3) is 0.419. The number of imidazole rings is 1. The van der Waals surface area contributed by atoms with E-state index in [2.05, 4.69) is 31.4 Å². The van der Waals surface area contributed by atoms with E-state index in [-0.39, 0.29) is 42.8 Å². The maximum Gasteiger partial charge on any atom is 0.331 e. The van der Waals surface area contributed by atoms with Gasteiger partial charge in [0.15, 0.2) is 11.5 Å². The number of rotatable bonds is 10. The lowest BCUT2D eigenvalue weighted by atomic mass is 10.1. The Bertz CT molecular complexity index is 1840. The van der Waals surface area contributed by atoms with E-state index in [0.717, 1.165) is 34.7 Å². The molecule has 0 aromatic carbocycles. The molecule has 0 unspecified atom stereocenters. The zero-order valence-electron chi connectivity index (χ0n) is 25.6. The van der Waals surface area contributed by atoms with Gasteiger partial charge in [-0.25, -0.2) is 29.7 Å². The van der Waals surface area contributed by atoms with E-state index in [0.29, 0.717) is 53.5 Å². The molecular weight excluding hydrogens is 576 g/mol. The minimum absolute atomic E-state index is 0.0120. The molecule has 1 saturated heterocycles. The van der Waals surface area contributed by atoms with Gasteiger partial charge in [0.1, 0.15) is 30.6 Å². The van der Waals surface area contributed by atoms with Gasteiger partial charge < -0.3 is 19.4 Å². The van der Waals surface area contributed by atoms with E-state index in [9.17, 15) is 14.4 Å². The summed E-state index contributed by atoms with van der Waals surface area (Å²) in [5.74, 6) is 1.90. The molecule has 1 aliphatic heterocycles. The van der Waals surface area contributed by atoms with E-state index in [1.165, 1.54) is 11.9 Å². The van der Waals surface area contributed by atoms with Crippen LogP contribution in [0.2, 0.25) is 0 Å². The van der Waals surface area contributed by atoms with Crippen molar-refractivity contribution in [3.63, 3.8) is 0 Å². The molecule has 0 bridgehead atoms. The molecule has 0 spiro atoms.